The topological polar surface area (TPSA) is 73.1 Å². The molecule has 0 atom stereocenters. The fourth-order valence-corrected chi connectivity index (χ4v) is 1.99. The van der Waals surface area contributed by atoms with Gasteiger partial charge in [0.15, 0.2) is 5.03 Å². The Bertz CT molecular complexity index is 491. The Hall–Kier alpha value is -0.420. The second kappa shape index (κ2) is 4.22. The third-order valence-corrected chi connectivity index (χ3v) is 3.08. The number of hydrogen-bond acceptors (Lipinski definition) is 3. The molecular weight excluding hydrogens is 348 g/mol. The van der Waals surface area contributed by atoms with E-state index in [-0.39, 0.29) is 3.57 Å². The van der Waals surface area contributed by atoms with Gasteiger partial charge in [-0.2, -0.15) is 0 Å². The van der Waals surface area contributed by atoms with Crippen LogP contribution in [-0.4, -0.2) is 13.4 Å². The molecule has 0 saturated carbocycles. The van der Waals surface area contributed by atoms with Crippen molar-refractivity contribution in [1.82, 2.24) is 4.98 Å². The van der Waals surface area contributed by atoms with Crippen molar-refractivity contribution in [3.63, 3.8) is 0 Å². The maximum atomic E-state index is 13.2. The number of nitrogens with two attached hydrogens (primary N) is 1. The first-order chi connectivity index (χ1) is 6.75. The summed E-state index contributed by atoms with van der Waals surface area (Å²) in [6.07, 6.45) is -2.47. The first-order valence-corrected chi connectivity index (χ1v) is 6.02. The molecular formula is C6H4F3IN2O2S. The third kappa shape index (κ3) is 2.58. The zero-order chi connectivity index (χ0) is 11.8. The largest absolute Gasteiger partial charge is 0.269 e. The predicted octanol–water partition coefficient (Wildman–Crippen LogP) is 1.41. The van der Waals surface area contributed by atoms with E-state index in [1.54, 1.807) is 0 Å². The van der Waals surface area contributed by atoms with E-state index >= 15 is 0 Å². The Morgan fingerprint density at radius 2 is 2.00 bits per heavy atom. The van der Waals surface area contributed by atoms with E-state index < -0.39 is 32.9 Å². The monoisotopic (exact) mass is 352 g/mol. The maximum absolute atomic E-state index is 13.2. The number of pyridine rings is 1. The van der Waals surface area contributed by atoms with Gasteiger partial charge in [0, 0.05) is 6.20 Å². The molecule has 15 heavy (non-hydrogen) atoms. The first-order valence-electron chi connectivity index (χ1n) is 3.40. The summed E-state index contributed by atoms with van der Waals surface area (Å²) in [5.74, 6) is -1.32. The van der Waals surface area contributed by atoms with Gasteiger partial charge in [0.05, 0.1) is 9.13 Å². The Kier molecular flexibility index (Phi) is 3.55. The summed E-state index contributed by atoms with van der Waals surface area (Å²) in [5.41, 5.74) is -1.29. The minimum atomic E-state index is -4.45. The second-order valence-electron chi connectivity index (χ2n) is 2.48. The van der Waals surface area contributed by atoms with Crippen LogP contribution in [0.2, 0.25) is 0 Å². The highest BCUT2D eigenvalue weighted by Gasteiger charge is 2.27. The fourth-order valence-electron chi connectivity index (χ4n) is 0.880. The summed E-state index contributed by atoms with van der Waals surface area (Å²) in [4.78, 5) is 3.19. The Morgan fingerprint density at radius 1 is 1.47 bits per heavy atom. The van der Waals surface area contributed by atoms with Gasteiger partial charge in [0.25, 0.3) is 16.4 Å². The molecule has 2 N–H and O–H groups in total. The summed E-state index contributed by atoms with van der Waals surface area (Å²) in [6, 6.07) is 0. The number of aromatic nitrogens is 1. The lowest BCUT2D eigenvalue weighted by Gasteiger charge is -2.07. The molecule has 0 aliphatic carbocycles. The van der Waals surface area contributed by atoms with Gasteiger partial charge in [-0.15, -0.1) is 0 Å². The summed E-state index contributed by atoms with van der Waals surface area (Å²) < 4.78 is 59.5. The van der Waals surface area contributed by atoms with E-state index in [4.69, 9.17) is 0 Å². The molecule has 1 heterocycles. The molecule has 0 unspecified atom stereocenters. The molecule has 0 fully saturated rings. The quantitative estimate of drug-likeness (QED) is 0.818. The van der Waals surface area contributed by atoms with Crippen molar-refractivity contribution in [2.75, 3.05) is 0 Å². The van der Waals surface area contributed by atoms with Gasteiger partial charge in [0.2, 0.25) is 0 Å². The van der Waals surface area contributed by atoms with Crippen LogP contribution < -0.4 is 5.14 Å². The summed E-state index contributed by atoms with van der Waals surface area (Å²) in [6.45, 7) is 0. The number of primary sulfonamides is 1. The number of hydrogen-bond donors (Lipinski definition) is 1. The molecule has 9 heteroatoms. The van der Waals surface area contributed by atoms with Gasteiger partial charge in [-0.05, 0) is 22.6 Å². The molecule has 0 bridgehead atoms. The lowest BCUT2D eigenvalue weighted by molar-refractivity contribution is 0.141. The lowest BCUT2D eigenvalue weighted by Crippen LogP contribution is -2.18. The molecule has 1 rings (SSSR count). The molecule has 0 amide bonds. The van der Waals surface area contributed by atoms with Crippen molar-refractivity contribution in [2.45, 2.75) is 11.5 Å². The summed E-state index contributed by atoms with van der Waals surface area (Å²) >= 11 is 1.42. The highest BCUT2D eigenvalue weighted by molar-refractivity contribution is 14.1. The normalized spacial score (nSPS) is 12.1. The second-order valence-corrected chi connectivity index (χ2v) is 5.12. The first kappa shape index (κ1) is 12.6. The number of nitrogens with zero attached hydrogens (tertiary/aromatic N) is 1. The van der Waals surface area contributed by atoms with Crippen molar-refractivity contribution in [1.29, 1.82) is 0 Å². The van der Waals surface area contributed by atoms with Crippen LogP contribution >= 0.6 is 22.6 Å². The average Bonchev–Trinajstić information content (AvgIpc) is 2.06. The van der Waals surface area contributed by atoms with Gasteiger partial charge >= 0.3 is 0 Å². The van der Waals surface area contributed by atoms with Gasteiger partial charge < -0.3 is 0 Å². The van der Waals surface area contributed by atoms with Crippen LogP contribution in [0.25, 0.3) is 0 Å². The smallest absolute Gasteiger partial charge is 0.242 e. The van der Waals surface area contributed by atoms with Crippen molar-refractivity contribution >= 4 is 32.6 Å². The number of halogens is 4. The standard InChI is InChI=1S/C6H4F3IN2O2S/c7-4-2(10)1-12-6(15(11,13)14)3(4)5(8)9/h1,5H,(H2,11,13,14). The summed E-state index contributed by atoms with van der Waals surface area (Å²) in [7, 11) is -4.45. The molecule has 4 nitrogen and oxygen atoms in total. The van der Waals surface area contributed by atoms with Crippen molar-refractivity contribution in [3.8, 4) is 0 Å². The maximum Gasteiger partial charge on any atom is 0.269 e. The molecule has 0 aromatic carbocycles. The van der Waals surface area contributed by atoms with E-state index in [0.717, 1.165) is 6.20 Å². The minimum Gasteiger partial charge on any atom is -0.242 e. The van der Waals surface area contributed by atoms with Crippen LogP contribution in [0.5, 0.6) is 0 Å². The van der Waals surface area contributed by atoms with Gasteiger partial charge in [0.1, 0.15) is 5.82 Å². The van der Waals surface area contributed by atoms with Crippen LogP contribution in [0.15, 0.2) is 11.2 Å². The van der Waals surface area contributed by atoms with E-state index in [1.165, 1.54) is 22.6 Å². The molecule has 0 radical (unpaired) electrons. The molecule has 1 aromatic heterocycles. The highest BCUT2D eigenvalue weighted by Crippen LogP contribution is 2.29. The Balaban J connectivity index is 3.62. The average molecular weight is 352 g/mol. The molecule has 1 aromatic rings. The molecule has 84 valence electrons. The molecule has 0 saturated heterocycles. The number of sulfonamides is 1. The SMILES string of the molecule is NS(=O)(=O)c1ncc(I)c(F)c1C(F)F. The van der Waals surface area contributed by atoms with Crippen molar-refractivity contribution < 1.29 is 21.6 Å². The van der Waals surface area contributed by atoms with Crippen LogP contribution in [0, 0.1) is 9.39 Å². The zero-order valence-corrected chi connectivity index (χ0v) is 9.89. The number of rotatable bonds is 2. The molecule has 0 spiro atoms. The van der Waals surface area contributed by atoms with E-state index in [2.05, 4.69) is 10.1 Å². The van der Waals surface area contributed by atoms with Crippen LogP contribution in [0.3, 0.4) is 0 Å². The van der Waals surface area contributed by atoms with Gasteiger partial charge in [-0.1, -0.05) is 0 Å². The highest BCUT2D eigenvalue weighted by atomic mass is 127. The van der Waals surface area contributed by atoms with Gasteiger partial charge in [-0.3, -0.25) is 0 Å². The Morgan fingerprint density at radius 3 is 2.40 bits per heavy atom. The summed E-state index contributed by atoms with van der Waals surface area (Å²) in [5, 5.41) is 3.49. The van der Waals surface area contributed by atoms with E-state index in [0.29, 0.717) is 0 Å². The van der Waals surface area contributed by atoms with Crippen LogP contribution in [-0.2, 0) is 10.0 Å². The van der Waals surface area contributed by atoms with Crippen LogP contribution in [0.4, 0.5) is 13.2 Å². The zero-order valence-electron chi connectivity index (χ0n) is 6.92. The molecule has 0 aliphatic heterocycles. The van der Waals surface area contributed by atoms with E-state index in [1.807, 2.05) is 0 Å². The number of alkyl halides is 2. The Labute approximate surface area is 96.9 Å². The third-order valence-electron chi connectivity index (χ3n) is 1.46. The van der Waals surface area contributed by atoms with E-state index in [9.17, 15) is 21.6 Å². The minimum absolute atomic E-state index is 0.199. The fraction of sp³-hybridized carbons (Fsp3) is 0.167. The van der Waals surface area contributed by atoms with Crippen molar-refractivity contribution in [3.05, 3.63) is 21.1 Å². The van der Waals surface area contributed by atoms with Crippen LogP contribution in [0.1, 0.15) is 12.0 Å². The van der Waals surface area contributed by atoms with Gasteiger partial charge in [-0.25, -0.2) is 31.7 Å². The van der Waals surface area contributed by atoms with Crippen molar-refractivity contribution in [2.24, 2.45) is 5.14 Å². The molecule has 0 aliphatic rings. The predicted molar refractivity (Wildman–Crippen MR) is 53.2 cm³/mol. The lowest BCUT2D eigenvalue weighted by atomic mass is 10.3.